The molecule has 1 rings (SSSR count). The zero-order chi connectivity index (χ0) is 10.1. The zero-order valence-corrected chi connectivity index (χ0v) is 8.50. The number of nitrogens with one attached hydrogen (secondary N) is 1. The molecule has 1 amide bonds. The van der Waals surface area contributed by atoms with Crippen LogP contribution in [0.1, 0.15) is 20.3 Å². The number of carbonyl (C=O) groups is 1. The lowest BCUT2D eigenvalue weighted by atomic mass is 9.79. The Morgan fingerprint density at radius 3 is 2.69 bits per heavy atom. The van der Waals surface area contributed by atoms with E-state index in [9.17, 15) is 4.79 Å². The molecule has 1 saturated heterocycles. The Kier molecular flexibility index (Phi) is 2.81. The number of hydrogen-bond acceptors (Lipinski definition) is 2. The van der Waals surface area contributed by atoms with Crippen molar-refractivity contribution >= 4 is 6.09 Å². The summed E-state index contributed by atoms with van der Waals surface area (Å²) >= 11 is 0. The van der Waals surface area contributed by atoms with Crippen LogP contribution >= 0.6 is 0 Å². The van der Waals surface area contributed by atoms with Crippen LogP contribution in [0.2, 0.25) is 0 Å². The van der Waals surface area contributed by atoms with Gasteiger partial charge in [-0.1, -0.05) is 13.8 Å². The van der Waals surface area contributed by atoms with Gasteiger partial charge in [-0.3, -0.25) is 0 Å². The van der Waals surface area contributed by atoms with Crippen molar-refractivity contribution in [2.45, 2.75) is 26.3 Å². The number of amides is 1. The summed E-state index contributed by atoms with van der Waals surface area (Å²) in [6, 6.07) is 0.131. The highest BCUT2D eigenvalue weighted by Gasteiger charge is 2.36. The van der Waals surface area contributed by atoms with E-state index < -0.39 is 6.09 Å². The first kappa shape index (κ1) is 10.3. The predicted molar refractivity (Wildman–Crippen MR) is 50.8 cm³/mol. The van der Waals surface area contributed by atoms with Gasteiger partial charge in [-0.2, -0.15) is 0 Å². The van der Waals surface area contributed by atoms with E-state index in [2.05, 4.69) is 19.2 Å². The molecule has 1 heterocycles. The molecule has 0 aromatic carbocycles. The molecule has 4 nitrogen and oxygen atoms in total. The van der Waals surface area contributed by atoms with E-state index in [1.807, 2.05) is 0 Å². The van der Waals surface area contributed by atoms with Gasteiger partial charge in [0.2, 0.25) is 0 Å². The highest BCUT2D eigenvalue weighted by molar-refractivity contribution is 5.65. The maximum absolute atomic E-state index is 10.8. The van der Waals surface area contributed by atoms with Crippen molar-refractivity contribution in [3.05, 3.63) is 0 Å². The fraction of sp³-hybridized carbons (Fsp3) is 0.889. The van der Waals surface area contributed by atoms with Crippen LogP contribution in [0.5, 0.6) is 0 Å². The largest absolute Gasteiger partial charge is 0.465 e. The van der Waals surface area contributed by atoms with Crippen molar-refractivity contribution in [2.75, 3.05) is 20.1 Å². The molecule has 2 N–H and O–H groups in total. The molecule has 0 saturated carbocycles. The quantitative estimate of drug-likeness (QED) is 0.642. The first-order chi connectivity index (χ1) is 5.95. The molecule has 76 valence electrons. The van der Waals surface area contributed by atoms with Gasteiger partial charge in [0, 0.05) is 19.6 Å². The molecule has 0 spiro atoms. The van der Waals surface area contributed by atoms with Gasteiger partial charge in [-0.25, -0.2) is 4.79 Å². The average Bonchev–Trinajstić information content (AvgIpc) is 2.02. The van der Waals surface area contributed by atoms with Gasteiger partial charge in [0.1, 0.15) is 0 Å². The third-order valence-electron chi connectivity index (χ3n) is 2.85. The van der Waals surface area contributed by atoms with Crippen molar-refractivity contribution in [3.63, 3.8) is 0 Å². The molecule has 0 aliphatic carbocycles. The van der Waals surface area contributed by atoms with Crippen LogP contribution in [0.3, 0.4) is 0 Å². The van der Waals surface area contributed by atoms with Crippen molar-refractivity contribution in [3.8, 4) is 0 Å². The number of rotatable bonds is 1. The summed E-state index contributed by atoms with van der Waals surface area (Å²) in [5.74, 6) is 0. The number of nitrogens with zero attached hydrogens (tertiary/aromatic N) is 1. The second kappa shape index (κ2) is 3.54. The molecule has 1 unspecified atom stereocenters. The minimum absolute atomic E-state index is 0.0331. The summed E-state index contributed by atoms with van der Waals surface area (Å²) in [5.41, 5.74) is 0.0331. The normalized spacial score (nSPS) is 26.8. The molecule has 1 aliphatic heterocycles. The lowest BCUT2D eigenvalue weighted by molar-refractivity contribution is 0.0717. The maximum atomic E-state index is 10.8. The SMILES string of the molecule is CN(C(=O)O)C1CCNCC1(C)C. The van der Waals surface area contributed by atoms with Gasteiger partial charge >= 0.3 is 6.09 Å². The molecular weight excluding hydrogens is 168 g/mol. The minimum atomic E-state index is -0.833. The molecule has 0 bridgehead atoms. The van der Waals surface area contributed by atoms with E-state index in [1.54, 1.807) is 7.05 Å². The molecule has 1 fully saturated rings. The smallest absolute Gasteiger partial charge is 0.407 e. The van der Waals surface area contributed by atoms with Crippen molar-refractivity contribution in [2.24, 2.45) is 5.41 Å². The van der Waals surface area contributed by atoms with Crippen LogP contribution in [0.15, 0.2) is 0 Å². The second-order valence-electron chi connectivity index (χ2n) is 4.36. The first-order valence-corrected chi connectivity index (χ1v) is 4.61. The lowest BCUT2D eigenvalue weighted by Crippen LogP contribution is -2.54. The summed E-state index contributed by atoms with van der Waals surface area (Å²) in [6.07, 6.45) is 0.0653. The Balaban J connectivity index is 2.70. The van der Waals surface area contributed by atoms with E-state index in [0.717, 1.165) is 19.5 Å². The molecule has 13 heavy (non-hydrogen) atoms. The third-order valence-corrected chi connectivity index (χ3v) is 2.85. The Morgan fingerprint density at radius 1 is 1.62 bits per heavy atom. The van der Waals surface area contributed by atoms with E-state index in [4.69, 9.17) is 5.11 Å². The van der Waals surface area contributed by atoms with Crippen molar-refractivity contribution < 1.29 is 9.90 Å². The number of hydrogen-bond donors (Lipinski definition) is 2. The van der Waals surface area contributed by atoms with Gasteiger partial charge in [0.15, 0.2) is 0 Å². The van der Waals surface area contributed by atoms with Crippen LogP contribution in [0, 0.1) is 5.41 Å². The van der Waals surface area contributed by atoms with E-state index >= 15 is 0 Å². The molecule has 1 atom stereocenters. The predicted octanol–water partition coefficient (Wildman–Crippen LogP) is 0.984. The zero-order valence-electron chi connectivity index (χ0n) is 8.50. The number of piperidine rings is 1. The lowest BCUT2D eigenvalue weighted by Gasteiger charge is -2.42. The molecule has 1 aliphatic rings. The highest BCUT2D eigenvalue weighted by atomic mass is 16.4. The molecule has 0 aromatic heterocycles. The first-order valence-electron chi connectivity index (χ1n) is 4.61. The third kappa shape index (κ3) is 2.12. The Labute approximate surface area is 78.9 Å². The Hall–Kier alpha value is -0.770. The van der Waals surface area contributed by atoms with Crippen molar-refractivity contribution in [1.82, 2.24) is 10.2 Å². The van der Waals surface area contributed by atoms with Crippen molar-refractivity contribution in [1.29, 1.82) is 0 Å². The molecule has 4 heteroatoms. The molecular formula is C9H18N2O2. The van der Waals surface area contributed by atoms with Gasteiger partial charge in [0.05, 0.1) is 0 Å². The van der Waals surface area contributed by atoms with Gasteiger partial charge in [-0.15, -0.1) is 0 Å². The summed E-state index contributed by atoms with van der Waals surface area (Å²) in [4.78, 5) is 12.2. The van der Waals surface area contributed by atoms with Gasteiger partial charge < -0.3 is 15.3 Å². The topological polar surface area (TPSA) is 52.6 Å². The second-order valence-corrected chi connectivity index (χ2v) is 4.36. The van der Waals surface area contributed by atoms with E-state index in [1.165, 1.54) is 4.90 Å². The Morgan fingerprint density at radius 2 is 2.23 bits per heavy atom. The van der Waals surface area contributed by atoms with Crippen LogP contribution in [-0.2, 0) is 0 Å². The molecule has 0 aromatic rings. The maximum Gasteiger partial charge on any atom is 0.407 e. The summed E-state index contributed by atoms with van der Waals surface area (Å²) < 4.78 is 0. The van der Waals surface area contributed by atoms with Gasteiger partial charge in [0.25, 0.3) is 0 Å². The van der Waals surface area contributed by atoms with Gasteiger partial charge in [-0.05, 0) is 18.4 Å². The van der Waals surface area contributed by atoms with Crippen LogP contribution in [-0.4, -0.2) is 42.3 Å². The van der Waals surface area contributed by atoms with Crippen LogP contribution < -0.4 is 5.32 Å². The highest BCUT2D eigenvalue weighted by Crippen LogP contribution is 2.28. The fourth-order valence-corrected chi connectivity index (χ4v) is 2.01. The minimum Gasteiger partial charge on any atom is -0.465 e. The van der Waals surface area contributed by atoms with E-state index in [0.29, 0.717) is 0 Å². The van der Waals surface area contributed by atoms with Crippen LogP contribution in [0.25, 0.3) is 0 Å². The summed E-state index contributed by atoms with van der Waals surface area (Å²) in [5, 5.41) is 12.2. The average molecular weight is 186 g/mol. The summed E-state index contributed by atoms with van der Waals surface area (Å²) in [6.45, 7) is 5.99. The van der Waals surface area contributed by atoms with E-state index in [-0.39, 0.29) is 11.5 Å². The monoisotopic (exact) mass is 186 g/mol. The summed E-state index contributed by atoms with van der Waals surface area (Å²) in [7, 11) is 1.65. The number of carboxylic acid groups (broad SMARTS) is 1. The fourth-order valence-electron chi connectivity index (χ4n) is 2.01. The van der Waals surface area contributed by atoms with Crippen LogP contribution in [0.4, 0.5) is 4.79 Å². The Bertz CT molecular complexity index is 204. The standard InChI is InChI=1S/C9H18N2O2/c1-9(2)6-10-5-4-7(9)11(3)8(12)13/h7,10H,4-6H2,1-3H3,(H,12,13). The molecule has 0 radical (unpaired) electrons.